The number of para-hydroxylation sites is 2. The van der Waals surface area contributed by atoms with Crippen molar-refractivity contribution in [3.63, 3.8) is 0 Å². The van der Waals surface area contributed by atoms with Gasteiger partial charge in [-0.1, -0.05) is 36.4 Å². The number of nitrogens with zero attached hydrogens (tertiary/aromatic N) is 1. The Morgan fingerprint density at radius 2 is 1.73 bits per heavy atom. The van der Waals surface area contributed by atoms with Crippen LogP contribution in [0, 0.1) is 0 Å². The highest BCUT2D eigenvalue weighted by Gasteiger charge is 2.28. The summed E-state index contributed by atoms with van der Waals surface area (Å²) in [6.45, 7) is 1.32. The minimum atomic E-state index is -0.270. The number of furan rings is 2. The fraction of sp³-hybridized carbons (Fsp3) is 0.231. The molecule has 168 valence electrons. The van der Waals surface area contributed by atoms with Gasteiger partial charge < -0.3 is 23.8 Å². The first-order chi connectivity index (χ1) is 16.2. The summed E-state index contributed by atoms with van der Waals surface area (Å²) in [6, 6.07) is 20.4. The van der Waals surface area contributed by atoms with E-state index in [0.29, 0.717) is 37.3 Å². The van der Waals surface area contributed by atoms with Crippen LogP contribution in [0.15, 0.2) is 81.8 Å². The molecule has 7 heteroatoms. The fourth-order valence-electron chi connectivity index (χ4n) is 4.13. The highest BCUT2D eigenvalue weighted by atomic mass is 16.5. The first-order valence-corrected chi connectivity index (χ1v) is 11.0. The second-order valence-electron chi connectivity index (χ2n) is 8.02. The molecule has 2 amide bonds. The summed E-state index contributed by atoms with van der Waals surface area (Å²) < 4.78 is 17.1. The summed E-state index contributed by atoms with van der Waals surface area (Å²) in [4.78, 5) is 27.4. The van der Waals surface area contributed by atoms with E-state index in [0.717, 1.165) is 16.7 Å². The van der Waals surface area contributed by atoms with E-state index < -0.39 is 0 Å². The number of nitrogens with one attached hydrogen (secondary N) is 1. The number of rotatable bonds is 6. The van der Waals surface area contributed by atoms with Gasteiger partial charge in [-0.05, 0) is 43.2 Å². The topological polar surface area (TPSA) is 84.9 Å². The third-order valence-electron chi connectivity index (χ3n) is 5.88. The van der Waals surface area contributed by atoms with Crippen LogP contribution in [0.25, 0.3) is 11.0 Å². The van der Waals surface area contributed by atoms with E-state index in [1.54, 1.807) is 17.0 Å². The maximum absolute atomic E-state index is 13.2. The van der Waals surface area contributed by atoms with Gasteiger partial charge in [0, 0.05) is 30.1 Å². The van der Waals surface area contributed by atoms with Gasteiger partial charge in [0.1, 0.15) is 17.9 Å². The predicted molar refractivity (Wildman–Crippen MR) is 122 cm³/mol. The maximum atomic E-state index is 13.2. The molecule has 3 heterocycles. The van der Waals surface area contributed by atoms with Crippen molar-refractivity contribution in [3.05, 3.63) is 90.1 Å². The van der Waals surface area contributed by atoms with Gasteiger partial charge >= 0.3 is 0 Å². The molecule has 1 aliphatic rings. The van der Waals surface area contributed by atoms with Crippen LogP contribution in [0.5, 0.6) is 5.75 Å². The summed E-state index contributed by atoms with van der Waals surface area (Å²) in [5.41, 5.74) is 1.37. The molecule has 0 radical (unpaired) electrons. The summed E-state index contributed by atoms with van der Waals surface area (Å²) in [6.07, 6.45) is 2.81. The molecule has 2 aromatic heterocycles. The third-order valence-corrected chi connectivity index (χ3v) is 5.88. The second-order valence-corrected chi connectivity index (χ2v) is 8.02. The average molecular weight is 444 g/mol. The number of piperidine rings is 1. The van der Waals surface area contributed by atoms with Gasteiger partial charge in [0.05, 0.1) is 6.26 Å². The monoisotopic (exact) mass is 444 g/mol. The van der Waals surface area contributed by atoms with Gasteiger partial charge in [-0.3, -0.25) is 9.59 Å². The molecule has 0 atom stereocenters. The highest BCUT2D eigenvalue weighted by Crippen LogP contribution is 2.28. The van der Waals surface area contributed by atoms with E-state index in [9.17, 15) is 9.59 Å². The van der Waals surface area contributed by atoms with Crippen molar-refractivity contribution in [2.75, 3.05) is 13.1 Å². The molecule has 1 aliphatic heterocycles. The average Bonchev–Trinajstić information content (AvgIpc) is 3.52. The minimum Gasteiger partial charge on any atom is -0.489 e. The van der Waals surface area contributed by atoms with Gasteiger partial charge in [-0.2, -0.15) is 0 Å². The van der Waals surface area contributed by atoms with Crippen LogP contribution in [0.4, 0.5) is 0 Å². The fourth-order valence-corrected chi connectivity index (χ4v) is 4.13. The van der Waals surface area contributed by atoms with Crippen LogP contribution in [-0.2, 0) is 6.61 Å². The van der Waals surface area contributed by atoms with Crippen LogP contribution in [0.1, 0.15) is 39.5 Å². The number of carbonyl (C=O) groups is 2. The van der Waals surface area contributed by atoms with Crippen LogP contribution in [-0.4, -0.2) is 35.8 Å². The number of likely N-dealkylation sites (tertiary alicyclic amines) is 1. The molecule has 2 aromatic carbocycles. The Labute approximate surface area is 190 Å². The molecule has 0 bridgehead atoms. The molecule has 1 fully saturated rings. The molecule has 1 saturated heterocycles. The Kier molecular flexibility index (Phi) is 5.85. The zero-order valence-electron chi connectivity index (χ0n) is 18.0. The Morgan fingerprint density at radius 3 is 2.48 bits per heavy atom. The lowest BCUT2D eigenvalue weighted by Crippen LogP contribution is -2.46. The van der Waals surface area contributed by atoms with E-state index in [1.807, 2.05) is 54.6 Å². The molecule has 5 rings (SSSR count). The zero-order valence-corrected chi connectivity index (χ0v) is 18.0. The van der Waals surface area contributed by atoms with Gasteiger partial charge in [-0.15, -0.1) is 0 Å². The summed E-state index contributed by atoms with van der Waals surface area (Å²) >= 11 is 0. The quantitative estimate of drug-likeness (QED) is 0.468. The standard InChI is InChI=1S/C26H24N2O5/c29-25(27-18-12-14-28(15-13-18)26(30)23-11-6-16-31-23)24-21(17-32-19-7-2-1-3-8-19)20-9-4-5-10-22(20)33-24/h1-11,16,18H,12-15,17H2,(H,27,29). The number of fused-ring (bicyclic) bond motifs is 1. The van der Waals surface area contributed by atoms with E-state index in [2.05, 4.69) is 5.32 Å². The number of hydrogen-bond donors (Lipinski definition) is 1. The Bertz CT molecular complexity index is 1240. The van der Waals surface area contributed by atoms with Crippen molar-refractivity contribution in [2.45, 2.75) is 25.5 Å². The van der Waals surface area contributed by atoms with Gasteiger partial charge in [-0.25, -0.2) is 0 Å². The maximum Gasteiger partial charge on any atom is 0.289 e. The van der Waals surface area contributed by atoms with Crippen LogP contribution >= 0.6 is 0 Å². The van der Waals surface area contributed by atoms with Crippen molar-refractivity contribution >= 4 is 22.8 Å². The summed E-state index contributed by atoms with van der Waals surface area (Å²) in [7, 11) is 0. The molecule has 0 unspecified atom stereocenters. The molecule has 1 N–H and O–H groups in total. The lowest BCUT2D eigenvalue weighted by Gasteiger charge is -2.31. The first kappa shape index (κ1) is 20.9. The molecule has 0 aliphatic carbocycles. The molecule has 0 saturated carbocycles. The lowest BCUT2D eigenvalue weighted by molar-refractivity contribution is 0.0665. The Morgan fingerprint density at radius 1 is 0.970 bits per heavy atom. The number of hydrogen-bond acceptors (Lipinski definition) is 5. The van der Waals surface area contributed by atoms with E-state index in [1.165, 1.54) is 6.26 Å². The van der Waals surface area contributed by atoms with Crippen molar-refractivity contribution in [1.82, 2.24) is 10.2 Å². The predicted octanol–water partition coefficient (Wildman–Crippen LogP) is 4.64. The van der Waals surface area contributed by atoms with Gasteiger partial charge in [0.25, 0.3) is 11.8 Å². The number of amides is 2. The minimum absolute atomic E-state index is 0.0470. The van der Waals surface area contributed by atoms with Crippen molar-refractivity contribution in [2.24, 2.45) is 0 Å². The summed E-state index contributed by atoms with van der Waals surface area (Å²) in [5, 5.41) is 3.94. The smallest absolute Gasteiger partial charge is 0.289 e. The molecule has 33 heavy (non-hydrogen) atoms. The van der Waals surface area contributed by atoms with Crippen molar-refractivity contribution in [3.8, 4) is 5.75 Å². The van der Waals surface area contributed by atoms with Gasteiger partial charge in [0.15, 0.2) is 11.5 Å². The molecule has 7 nitrogen and oxygen atoms in total. The van der Waals surface area contributed by atoms with Crippen LogP contribution in [0.3, 0.4) is 0 Å². The normalized spacial score (nSPS) is 14.4. The molecular weight excluding hydrogens is 420 g/mol. The SMILES string of the molecule is O=C(NC1CCN(C(=O)c2ccco2)CC1)c1oc2ccccc2c1COc1ccccc1. The van der Waals surface area contributed by atoms with Crippen molar-refractivity contribution < 1.29 is 23.2 Å². The summed E-state index contributed by atoms with van der Waals surface area (Å²) in [5.74, 6) is 0.933. The van der Waals surface area contributed by atoms with Crippen molar-refractivity contribution in [1.29, 1.82) is 0 Å². The Hall–Kier alpha value is -4.00. The van der Waals surface area contributed by atoms with E-state index in [-0.39, 0.29) is 30.2 Å². The van der Waals surface area contributed by atoms with Crippen LogP contribution in [0.2, 0.25) is 0 Å². The lowest BCUT2D eigenvalue weighted by atomic mass is 10.0. The zero-order chi connectivity index (χ0) is 22.6. The van der Waals surface area contributed by atoms with E-state index in [4.69, 9.17) is 13.6 Å². The van der Waals surface area contributed by atoms with Gasteiger partial charge in [0.2, 0.25) is 0 Å². The van der Waals surface area contributed by atoms with E-state index >= 15 is 0 Å². The third kappa shape index (κ3) is 4.48. The molecular formula is C26H24N2O5. The molecule has 4 aromatic rings. The van der Waals surface area contributed by atoms with Crippen LogP contribution < -0.4 is 10.1 Å². The Balaban J connectivity index is 1.27. The number of ether oxygens (including phenoxy) is 1. The second kappa shape index (κ2) is 9.24. The highest BCUT2D eigenvalue weighted by molar-refractivity contribution is 5.99. The molecule has 0 spiro atoms. The first-order valence-electron chi connectivity index (χ1n) is 11.0. The number of carbonyl (C=O) groups excluding carboxylic acids is 2. The number of benzene rings is 2. The largest absolute Gasteiger partial charge is 0.489 e.